The Morgan fingerprint density at radius 1 is 1.03 bits per heavy atom. The Balaban J connectivity index is 2.06. The van der Waals surface area contributed by atoms with Gasteiger partial charge in [-0.15, -0.1) is 0 Å². The van der Waals surface area contributed by atoms with Crippen molar-refractivity contribution in [1.82, 2.24) is 5.32 Å². The van der Waals surface area contributed by atoms with Gasteiger partial charge in [0.1, 0.15) is 0 Å². The van der Waals surface area contributed by atoms with Crippen LogP contribution in [-0.4, -0.2) is 36.1 Å². The summed E-state index contributed by atoms with van der Waals surface area (Å²) < 4.78 is 0. The summed E-state index contributed by atoms with van der Waals surface area (Å²) in [5.41, 5.74) is 20.2. The van der Waals surface area contributed by atoms with E-state index < -0.39 is 17.9 Å². The number of nitrogens with one attached hydrogen (secondary N) is 2. The highest BCUT2D eigenvalue weighted by Crippen LogP contribution is 2.25. The molecule has 0 fully saturated rings. The maximum Gasteiger partial charge on any atom is 0.252 e. The van der Waals surface area contributed by atoms with Gasteiger partial charge in [0.15, 0.2) is 5.78 Å². The van der Waals surface area contributed by atoms with E-state index in [1.165, 1.54) is 0 Å². The van der Waals surface area contributed by atoms with Gasteiger partial charge >= 0.3 is 0 Å². The van der Waals surface area contributed by atoms with Crippen molar-refractivity contribution in [3.63, 3.8) is 0 Å². The molecule has 0 aliphatic carbocycles. The predicted octanol–water partition coefficient (Wildman–Crippen LogP) is 2.32. The molecular formula is C27H35N5O4. The second-order valence-corrected chi connectivity index (χ2v) is 9.23. The van der Waals surface area contributed by atoms with Gasteiger partial charge in [-0.3, -0.25) is 19.2 Å². The molecule has 3 amide bonds. The molecule has 0 spiro atoms. The summed E-state index contributed by atoms with van der Waals surface area (Å²) in [7, 11) is 0. The van der Waals surface area contributed by atoms with Gasteiger partial charge in [-0.2, -0.15) is 0 Å². The Kier molecular flexibility index (Phi) is 9.19. The SMILES string of the molecule is CCC1NC(=O)c2cc(N)ccc2CCc2ccc(C(N)=O)cc2NC(=O)[C@H](CCCCN)CC1=O. The molecule has 0 radical (unpaired) electrons. The normalized spacial score (nSPS) is 18.9. The second kappa shape index (κ2) is 12.3. The number of anilines is 2. The number of aryl methyl sites for hydroxylation is 2. The molecule has 1 aliphatic rings. The summed E-state index contributed by atoms with van der Waals surface area (Å²) in [5.74, 6) is -2.11. The monoisotopic (exact) mass is 493 g/mol. The molecule has 1 unspecified atom stereocenters. The summed E-state index contributed by atoms with van der Waals surface area (Å²) in [5, 5.41) is 5.79. The van der Waals surface area contributed by atoms with E-state index in [0.29, 0.717) is 55.6 Å². The summed E-state index contributed by atoms with van der Waals surface area (Å²) in [6, 6.07) is 9.33. The molecule has 2 atom stereocenters. The lowest BCUT2D eigenvalue weighted by Gasteiger charge is -2.23. The lowest BCUT2D eigenvalue weighted by molar-refractivity contribution is -0.127. The number of hydrogen-bond acceptors (Lipinski definition) is 6. The highest BCUT2D eigenvalue weighted by atomic mass is 16.2. The van der Waals surface area contributed by atoms with Crippen molar-refractivity contribution in [2.75, 3.05) is 17.6 Å². The third kappa shape index (κ3) is 6.69. The number of Topliss-reactive ketones (excluding diaryl/α,β-unsaturated/α-hetero) is 1. The Morgan fingerprint density at radius 2 is 1.75 bits per heavy atom. The number of rotatable bonds is 6. The van der Waals surface area contributed by atoms with Crippen LogP contribution in [0, 0.1) is 5.92 Å². The minimum Gasteiger partial charge on any atom is -0.399 e. The molecule has 36 heavy (non-hydrogen) atoms. The fourth-order valence-electron chi connectivity index (χ4n) is 4.48. The third-order valence-corrected chi connectivity index (χ3v) is 6.62. The van der Waals surface area contributed by atoms with E-state index in [1.807, 2.05) is 6.92 Å². The standard InChI is InChI=1S/C27H35N5O4/c1-2-22-24(33)14-19(5-3-4-12-28)26(35)32-23-13-18(25(30)34)9-8-17(23)7-6-16-10-11-20(29)15-21(16)27(36)31-22/h8-11,13,15,19,22H,2-7,12,14,28-29H2,1H3,(H2,30,34)(H,31,36)(H,32,35)/t19-,22?/m1/s1. The average molecular weight is 494 g/mol. The van der Waals surface area contributed by atoms with Crippen molar-refractivity contribution in [3.8, 4) is 0 Å². The molecule has 8 N–H and O–H groups in total. The number of fused-ring (bicyclic) bond motifs is 2. The van der Waals surface area contributed by atoms with Crippen molar-refractivity contribution in [3.05, 3.63) is 58.7 Å². The van der Waals surface area contributed by atoms with Gasteiger partial charge in [-0.05, 0) is 74.0 Å². The maximum atomic E-state index is 13.4. The average Bonchev–Trinajstić information content (AvgIpc) is 2.85. The first-order valence-electron chi connectivity index (χ1n) is 12.4. The first-order valence-corrected chi connectivity index (χ1v) is 12.4. The predicted molar refractivity (Wildman–Crippen MR) is 139 cm³/mol. The topological polar surface area (TPSA) is 170 Å². The summed E-state index contributed by atoms with van der Waals surface area (Å²) in [6.45, 7) is 2.31. The van der Waals surface area contributed by atoms with E-state index in [4.69, 9.17) is 17.2 Å². The number of unbranched alkanes of at least 4 members (excludes halogenated alkanes) is 1. The minimum atomic E-state index is -0.728. The van der Waals surface area contributed by atoms with Crippen LogP contribution >= 0.6 is 0 Å². The third-order valence-electron chi connectivity index (χ3n) is 6.62. The molecule has 3 rings (SSSR count). The van der Waals surface area contributed by atoms with Gasteiger partial charge in [0, 0.05) is 34.8 Å². The second-order valence-electron chi connectivity index (χ2n) is 9.23. The van der Waals surface area contributed by atoms with Crippen LogP contribution in [0.5, 0.6) is 0 Å². The smallest absolute Gasteiger partial charge is 0.252 e. The van der Waals surface area contributed by atoms with Crippen LogP contribution in [0.15, 0.2) is 36.4 Å². The Bertz CT molecular complexity index is 1150. The van der Waals surface area contributed by atoms with E-state index >= 15 is 0 Å². The van der Waals surface area contributed by atoms with Crippen molar-refractivity contribution in [2.24, 2.45) is 17.4 Å². The molecule has 192 valence electrons. The molecule has 1 aliphatic heterocycles. The van der Waals surface area contributed by atoms with Crippen LogP contribution < -0.4 is 27.8 Å². The number of carbonyl (C=O) groups excluding carboxylic acids is 4. The Hall–Kier alpha value is -3.72. The van der Waals surface area contributed by atoms with Crippen molar-refractivity contribution in [1.29, 1.82) is 0 Å². The van der Waals surface area contributed by atoms with Crippen molar-refractivity contribution in [2.45, 2.75) is 57.9 Å². The van der Waals surface area contributed by atoms with E-state index in [-0.39, 0.29) is 29.6 Å². The number of hydrogen-bond donors (Lipinski definition) is 5. The summed E-state index contributed by atoms with van der Waals surface area (Å²) in [4.78, 5) is 51.6. The Morgan fingerprint density at radius 3 is 2.44 bits per heavy atom. The van der Waals surface area contributed by atoms with E-state index in [0.717, 1.165) is 17.5 Å². The first kappa shape index (κ1) is 26.9. The number of nitrogen functional groups attached to an aromatic ring is 1. The van der Waals surface area contributed by atoms with Crippen LogP contribution in [0.1, 0.15) is 70.9 Å². The number of nitrogens with two attached hydrogens (primary N) is 3. The molecule has 2 aromatic carbocycles. The summed E-state index contributed by atoms with van der Waals surface area (Å²) in [6.07, 6.45) is 3.23. The number of ketones is 1. The number of primary amides is 1. The van der Waals surface area contributed by atoms with Gasteiger partial charge in [0.05, 0.1) is 6.04 Å². The fourth-order valence-corrected chi connectivity index (χ4v) is 4.48. The van der Waals surface area contributed by atoms with E-state index in [1.54, 1.807) is 36.4 Å². The summed E-state index contributed by atoms with van der Waals surface area (Å²) >= 11 is 0. The van der Waals surface area contributed by atoms with Crippen LogP contribution in [0.25, 0.3) is 0 Å². The zero-order valence-electron chi connectivity index (χ0n) is 20.6. The minimum absolute atomic E-state index is 0.0240. The molecule has 9 heteroatoms. The van der Waals surface area contributed by atoms with Gasteiger partial charge in [0.2, 0.25) is 11.8 Å². The first-order chi connectivity index (χ1) is 17.2. The zero-order valence-corrected chi connectivity index (χ0v) is 20.6. The van der Waals surface area contributed by atoms with Gasteiger partial charge < -0.3 is 27.8 Å². The lowest BCUT2D eigenvalue weighted by atomic mass is 9.90. The van der Waals surface area contributed by atoms with E-state index in [2.05, 4.69) is 10.6 Å². The molecule has 2 aromatic rings. The van der Waals surface area contributed by atoms with Crippen LogP contribution in [-0.2, 0) is 22.4 Å². The largest absolute Gasteiger partial charge is 0.399 e. The van der Waals surface area contributed by atoms with Gasteiger partial charge in [-0.1, -0.05) is 25.5 Å². The molecule has 0 saturated carbocycles. The molecular weight excluding hydrogens is 458 g/mol. The Labute approximate surface area is 211 Å². The molecule has 0 aromatic heterocycles. The number of amides is 3. The zero-order chi connectivity index (χ0) is 26.2. The molecule has 0 saturated heterocycles. The highest BCUT2D eigenvalue weighted by molar-refractivity contribution is 6.02. The lowest BCUT2D eigenvalue weighted by Crippen LogP contribution is -2.42. The highest BCUT2D eigenvalue weighted by Gasteiger charge is 2.28. The molecule has 0 bridgehead atoms. The van der Waals surface area contributed by atoms with Crippen LogP contribution in [0.3, 0.4) is 0 Å². The van der Waals surface area contributed by atoms with E-state index in [9.17, 15) is 19.2 Å². The number of carbonyl (C=O) groups is 4. The van der Waals surface area contributed by atoms with Gasteiger partial charge in [-0.25, -0.2) is 0 Å². The quantitative estimate of drug-likeness (QED) is 0.305. The van der Waals surface area contributed by atoms with Crippen molar-refractivity contribution < 1.29 is 19.2 Å². The molecule has 1 heterocycles. The number of benzene rings is 2. The maximum absolute atomic E-state index is 13.4. The molecule has 9 nitrogen and oxygen atoms in total. The van der Waals surface area contributed by atoms with Crippen LogP contribution in [0.2, 0.25) is 0 Å². The van der Waals surface area contributed by atoms with Crippen LogP contribution in [0.4, 0.5) is 11.4 Å². The van der Waals surface area contributed by atoms with Gasteiger partial charge in [0.25, 0.3) is 5.91 Å². The van der Waals surface area contributed by atoms with Crippen molar-refractivity contribution >= 4 is 34.9 Å². The fraction of sp³-hybridized carbons (Fsp3) is 0.407.